The minimum Gasteiger partial charge on any atom is -0.491 e. The zero-order valence-corrected chi connectivity index (χ0v) is 17.0. The summed E-state index contributed by atoms with van der Waals surface area (Å²) in [4.78, 5) is 28.0. The molecule has 29 heavy (non-hydrogen) atoms. The van der Waals surface area contributed by atoms with Crippen LogP contribution in [0, 0.1) is 6.92 Å². The number of carbonyl (C=O) groups is 1. The highest BCUT2D eigenvalue weighted by atomic mass is 35.5. The smallest absolute Gasteiger partial charge is 0.319 e. The molecule has 0 bridgehead atoms. The predicted molar refractivity (Wildman–Crippen MR) is 113 cm³/mol. The summed E-state index contributed by atoms with van der Waals surface area (Å²) in [5.41, 5.74) is 1.87. The van der Waals surface area contributed by atoms with E-state index in [0.717, 1.165) is 12.1 Å². The maximum absolute atomic E-state index is 12.5. The van der Waals surface area contributed by atoms with Gasteiger partial charge in [0.1, 0.15) is 18.1 Å². The van der Waals surface area contributed by atoms with Gasteiger partial charge in [-0.3, -0.25) is 4.79 Å². The van der Waals surface area contributed by atoms with Crippen molar-refractivity contribution in [3.63, 3.8) is 0 Å². The van der Waals surface area contributed by atoms with E-state index in [1.54, 1.807) is 35.0 Å². The van der Waals surface area contributed by atoms with Crippen molar-refractivity contribution < 1.29 is 13.9 Å². The van der Waals surface area contributed by atoms with Crippen molar-refractivity contribution in [3.8, 4) is 17.1 Å². The molecule has 6 nitrogen and oxygen atoms in total. The van der Waals surface area contributed by atoms with Crippen molar-refractivity contribution in [2.24, 2.45) is 0 Å². The van der Waals surface area contributed by atoms with E-state index in [0.29, 0.717) is 52.8 Å². The van der Waals surface area contributed by atoms with Crippen LogP contribution < -0.4 is 10.2 Å². The number of halogens is 1. The van der Waals surface area contributed by atoms with Gasteiger partial charge in [0.2, 0.25) is 0 Å². The van der Waals surface area contributed by atoms with E-state index in [4.69, 9.17) is 20.8 Å². The lowest BCUT2D eigenvalue weighted by atomic mass is 10.1. The van der Waals surface area contributed by atoms with Gasteiger partial charge in [0.25, 0.3) is 0 Å². The first kappa shape index (κ1) is 19.3. The molecule has 0 saturated carbocycles. The van der Waals surface area contributed by atoms with Gasteiger partial charge >= 0.3 is 6.03 Å². The molecule has 0 N–H and O–H groups in total. The molecule has 1 aliphatic rings. The Morgan fingerprint density at radius 3 is 2.72 bits per heavy atom. The van der Waals surface area contributed by atoms with Gasteiger partial charge < -0.3 is 19.0 Å². The van der Waals surface area contributed by atoms with Crippen LogP contribution in [0.4, 0.5) is 4.79 Å². The summed E-state index contributed by atoms with van der Waals surface area (Å²) in [5.74, 6) is 0.988. The summed E-state index contributed by atoms with van der Waals surface area (Å²) in [6, 6.07) is 12.2. The Morgan fingerprint density at radius 2 is 1.97 bits per heavy atom. The Kier molecular flexibility index (Phi) is 5.20. The molecule has 2 heterocycles. The van der Waals surface area contributed by atoms with Crippen LogP contribution in [0.5, 0.6) is 5.75 Å². The van der Waals surface area contributed by atoms with Crippen LogP contribution >= 0.6 is 11.6 Å². The Labute approximate surface area is 173 Å². The summed E-state index contributed by atoms with van der Waals surface area (Å²) in [6.07, 6.45) is 0. The van der Waals surface area contributed by atoms with Crippen molar-refractivity contribution in [3.05, 3.63) is 63.3 Å². The van der Waals surface area contributed by atoms with Crippen LogP contribution in [0.25, 0.3) is 22.3 Å². The Hall–Kier alpha value is -2.99. The van der Waals surface area contributed by atoms with E-state index in [1.165, 1.54) is 6.07 Å². The minimum atomic E-state index is -0.166. The maximum atomic E-state index is 12.5. The molecule has 1 aromatic heterocycles. The molecule has 0 aliphatic carbocycles. The zero-order chi connectivity index (χ0) is 20.5. The van der Waals surface area contributed by atoms with Gasteiger partial charge in [-0.25, -0.2) is 4.79 Å². The molecule has 7 heteroatoms. The molecule has 0 unspecified atom stereocenters. The van der Waals surface area contributed by atoms with Crippen LogP contribution in [0.15, 0.2) is 51.7 Å². The number of para-hydroxylation sites is 1. The van der Waals surface area contributed by atoms with Gasteiger partial charge in [-0.05, 0) is 36.8 Å². The quantitative estimate of drug-likeness (QED) is 0.631. The fraction of sp³-hybridized carbons (Fsp3) is 0.273. The Balaban J connectivity index is 1.63. The third-order valence-corrected chi connectivity index (χ3v) is 5.33. The normalized spacial score (nSPS) is 14.1. The van der Waals surface area contributed by atoms with Crippen molar-refractivity contribution in [2.45, 2.75) is 6.92 Å². The van der Waals surface area contributed by atoms with Crippen molar-refractivity contribution in [2.75, 3.05) is 33.3 Å². The van der Waals surface area contributed by atoms with E-state index in [9.17, 15) is 9.59 Å². The number of ether oxygens (including phenoxy) is 1. The number of hydrogen-bond acceptors (Lipinski definition) is 4. The number of hydrogen-bond donors (Lipinski definition) is 0. The summed E-state index contributed by atoms with van der Waals surface area (Å²) in [7, 11) is 1.79. The lowest BCUT2D eigenvalue weighted by molar-refractivity contribution is 0.188. The number of carbonyl (C=O) groups excluding carboxylic acids is 1. The molecule has 4 rings (SSSR count). The first-order valence-electron chi connectivity index (χ1n) is 9.40. The van der Waals surface area contributed by atoms with Crippen LogP contribution in [0.2, 0.25) is 5.02 Å². The predicted octanol–water partition coefficient (Wildman–Crippen LogP) is 4.17. The lowest BCUT2D eigenvalue weighted by Crippen LogP contribution is -2.32. The van der Waals surface area contributed by atoms with Crippen molar-refractivity contribution in [1.82, 2.24) is 9.80 Å². The van der Waals surface area contributed by atoms with E-state index < -0.39 is 0 Å². The number of urea groups is 1. The van der Waals surface area contributed by atoms with E-state index in [1.807, 2.05) is 25.1 Å². The number of rotatable bonds is 5. The molecule has 150 valence electrons. The highest BCUT2D eigenvalue weighted by molar-refractivity contribution is 6.34. The summed E-state index contributed by atoms with van der Waals surface area (Å²) in [5, 5.41) is 0.820. The second kappa shape index (κ2) is 7.79. The second-order valence-electron chi connectivity index (χ2n) is 7.13. The molecule has 2 amide bonds. The van der Waals surface area contributed by atoms with Gasteiger partial charge in [-0.1, -0.05) is 23.7 Å². The molecule has 1 aliphatic heterocycles. The fourth-order valence-electron chi connectivity index (χ4n) is 3.40. The number of amides is 2. The van der Waals surface area contributed by atoms with Gasteiger partial charge in [0.15, 0.2) is 11.0 Å². The number of benzene rings is 2. The van der Waals surface area contributed by atoms with Gasteiger partial charge in [0, 0.05) is 26.2 Å². The number of likely N-dealkylation sites (N-methyl/N-ethyl adjacent to an activating group) is 1. The highest BCUT2D eigenvalue weighted by Crippen LogP contribution is 2.33. The second-order valence-corrected chi connectivity index (χ2v) is 7.54. The monoisotopic (exact) mass is 412 g/mol. The standard InChI is InChI=1S/C22H21ClN2O4/c1-14-6-7-16(19(12-14)28-11-10-25-9-8-24(2)22(25)27)20-13-18(26)15-4-3-5-17(23)21(15)29-20/h3-7,12-13H,8-11H2,1-2H3. The Bertz CT molecular complexity index is 1140. The van der Waals surface area contributed by atoms with Gasteiger partial charge in [0.05, 0.1) is 22.5 Å². The van der Waals surface area contributed by atoms with Crippen LogP contribution in [0.1, 0.15) is 5.56 Å². The van der Waals surface area contributed by atoms with E-state index in [2.05, 4.69) is 0 Å². The minimum absolute atomic E-state index is 0.00762. The molecule has 0 radical (unpaired) electrons. The topological polar surface area (TPSA) is 63.0 Å². The summed E-state index contributed by atoms with van der Waals surface area (Å²) in [6.45, 7) is 4.20. The molecular weight excluding hydrogens is 392 g/mol. The van der Waals surface area contributed by atoms with E-state index >= 15 is 0 Å². The number of nitrogens with zero attached hydrogens (tertiary/aromatic N) is 2. The summed E-state index contributed by atoms with van der Waals surface area (Å²) < 4.78 is 12.0. The highest BCUT2D eigenvalue weighted by Gasteiger charge is 2.24. The van der Waals surface area contributed by atoms with Crippen molar-refractivity contribution in [1.29, 1.82) is 0 Å². The van der Waals surface area contributed by atoms with Crippen LogP contribution in [-0.4, -0.2) is 49.1 Å². The third kappa shape index (κ3) is 3.80. The molecule has 1 saturated heterocycles. The lowest BCUT2D eigenvalue weighted by Gasteiger charge is -2.17. The van der Waals surface area contributed by atoms with E-state index in [-0.39, 0.29) is 11.5 Å². The molecule has 3 aromatic rings. The average Bonchev–Trinajstić information content (AvgIpc) is 3.01. The van der Waals surface area contributed by atoms with Crippen LogP contribution in [0.3, 0.4) is 0 Å². The first-order valence-corrected chi connectivity index (χ1v) is 9.78. The molecule has 0 atom stereocenters. The average molecular weight is 413 g/mol. The van der Waals surface area contributed by atoms with Gasteiger partial charge in [-0.2, -0.15) is 0 Å². The van der Waals surface area contributed by atoms with Crippen molar-refractivity contribution >= 4 is 28.6 Å². The summed E-state index contributed by atoms with van der Waals surface area (Å²) >= 11 is 6.23. The molecular formula is C22H21ClN2O4. The number of aryl methyl sites for hydroxylation is 1. The van der Waals surface area contributed by atoms with Gasteiger partial charge in [-0.15, -0.1) is 0 Å². The first-order chi connectivity index (χ1) is 13.9. The molecule has 2 aromatic carbocycles. The maximum Gasteiger partial charge on any atom is 0.319 e. The van der Waals surface area contributed by atoms with Crippen LogP contribution in [-0.2, 0) is 0 Å². The fourth-order valence-corrected chi connectivity index (χ4v) is 3.62. The zero-order valence-electron chi connectivity index (χ0n) is 16.3. The third-order valence-electron chi connectivity index (χ3n) is 5.03. The molecule has 1 fully saturated rings. The molecule has 0 spiro atoms. The Morgan fingerprint density at radius 1 is 1.14 bits per heavy atom. The SMILES string of the molecule is Cc1ccc(-c2cc(=O)c3cccc(Cl)c3o2)c(OCCN2CCN(C)C2=O)c1. The largest absolute Gasteiger partial charge is 0.491 e. The number of fused-ring (bicyclic) bond motifs is 1.